The Kier molecular flexibility index (Phi) is 5.38. The average Bonchev–Trinajstić information content (AvgIpc) is 1.97. The summed E-state index contributed by atoms with van der Waals surface area (Å²) in [6.45, 7) is 9.79. The fourth-order valence-electron chi connectivity index (χ4n) is 1.14. The third-order valence-corrected chi connectivity index (χ3v) is 2.32. The Labute approximate surface area is 86.0 Å². The van der Waals surface area contributed by atoms with Crippen LogP contribution in [0, 0.1) is 11.8 Å². The molecule has 0 spiro atoms. The number of alkyl halides is 1. The van der Waals surface area contributed by atoms with Gasteiger partial charge in [0.1, 0.15) is 0 Å². The van der Waals surface area contributed by atoms with Crippen molar-refractivity contribution in [2.24, 2.45) is 11.8 Å². The van der Waals surface area contributed by atoms with Gasteiger partial charge in [-0.3, -0.25) is 4.79 Å². The third-order valence-electron chi connectivity index (χ3n) is 2.05. The van der Waals surface area contributed by atoms with E-state index in [0.29, 0.717) is 5.92 Å². The van der Waals surface area contributed by atoms with Crippen molar-refractivity contribution >= 4 is 17.5 Å². The van der Waals surface area contributed by atoms with Gasteiger partial charge in [-0.25, -0.2) is 0 Å². The zero-order chi connectivity index (χ0) is 10.6. The first kappa shape index (κ1) is 12.8. The van der Waals surface area contributed by atoms with Crippen LogP contribution in [0.1, 0.15) is 34.6 Å². The van der Waals surface area contributed by atoms with Gasteiger partial charge < -0.3 is 5.32 Å². The summed E-state index contributed by atoms with van der Waals surface area (Å²) in [7, 11) is 0. The summed E-state index contributed by atoms with van der Waals surface area (Å²) in [5.74, 6) is 0.470. The van der Waals surface area contributed by atoms with Gasteiger partial charge in [-0.05, 0) is 12.8 Å². The molecule has 2 atom stereocenters. The summed E-state index contributed by atoms with van der Waals surface area (Å²) in [5, 5.41) is 2.92. The normalized spacial score (nSPS) is 16.0. The molecule has 0 fully saturated rings. The minimum atomic E-state index is -0.0253. The highest BCUT2D eigenvalue weighted by Crippen LogP contribution is 2.12. The van der Waals surface area contributed by atoms with Crippen LogP contribution in [0.2, 0.25) is 0 Å². The smallest absolute Gasteiger partial charge is 0.222 e. The van der Waals surface area contributed by atoms with E-state index in [9.17, 15) is 4.79 Å². The van der Waals surface area contributed by atoms with E-state index in [4.69, 9.17) is 11.6 Å². The molecule has 1 amide bonds. The average molecular weight is 206 g/mol. The number of rotatable bonds is 4. The Bertz CT molecular complexity index is 158. The molecule has 2 nitrogen and oxygen atoms in total. The molecular weight excluding hydrogens is 186 g/mol. The first-order valence-electron chi connectivity index (χ1n) is 4.80. The van der Waals surface area contributed by atoms with Gasteiger partial charge in [0.25, 0.3) is 0 Å². The van der Waals surface area contributed by atoms with E-state index in [-0.39, 0.29) is 23.2 Å². The molecule has 0 rings (SSSR count). The Morgan fingerprint density at radius 3 is 1.85 bits per heavy atom. The molecule has 0 unspecified atom stereocenters. The van der Waals surface area contributed by atoms with Crippen molar-refractivity contribution < 1.29 is 4.79 Å². The Balaban J connectivity index is 4.19. The number of hydrogen-bond acceptors (Lipinski definition) is 1. The molecule has 0 bridgehead atoms. The van der Waals surface area contributed by atoms with Crippen LogP contribution in [0.25, 0.3) is 0 Å². The molecule has 0 heterocycles. The maximum absolute atomic E-state index is 11.4. The highest BCUT2D eigenvalue weighted by atomic mass is 35.5. The number of nitrogens with one attached hydrogen (secondary N) is 1. The number of hydrogen-bond donors (Lipinski definition) is 1. The fraction of sp³-hybridized carbons (Fsp3) is 0.900. The number of carbonyl (C=O) groups excluding carboxylic acids is 1. The lowest BCUT2D eigenvalue weighted by atomic mass is 10.0. The van der Waals surface area contributed by atoms with E-state index in [2.05, 4.69) is 19.2 Å². The molecular formula is C10H20ClNO. The summed E-state index contributed by atoms with van der Waals surface area (Å²) < 4.78 is 0. The van der Waals surface area contributed by atoms with Gasteiger partial charge in [-0.1, -0.05) is 27.7 Å². The molecule has 0 aliphatic carbocycles. The molecule has 0 aromatic carbocycles. The van der Waals surface area contributed by atoms with Crippen LogP contribution in [0.5, 0.6) is 0 Å². The fourth-order valence-corrected chi connectivity index (χ4v) is 1.50. The van der Waals surface area contributed by atoms with Gasteiger partial charge in [0.05, 0.1) is 5.38 Å². The SMILES string of the molecule is CC(C)C(=O)N[C@@H](C(C)C)[C@H](C)Cl. The van der Waals surface area contributed by atoms with Crippen LogP contribution in [0.4, 0.5) is 0 Å². The molecule has 78 valence electrons. The molecule has 0 aliphatic rings. The molecule has 0 radical (unpaired) electrons. The van der Waals surface area contributed by atoms with E-state index in [1.165, 1.54) is 0 Å². The first-order chi connectivity index (χ1) is 5.86. The summed E-state index contributed by atoms with van der Waals surface area (Å²) >= 11 is 5.97. The largest absolute Gasteiger partial charge is 0.351 e. The number of amides is 1. The van der Waals surface area contributed by atoms with Gasteiger partial charge >= 0.3 is 0 Å². The highest BCUT2D eigenvalue weighted by molar-refractivity contribution is 6.21. The van der Waals surface area contributed by atoms with Gasteiger partial charge in [0, 0.05) is 12.0 Å². The Morgan fingerprint density at radius 2 is 1.62 bits per heavy atom. The maximum atomic E-state index is 11.4. The predicted molar refractivity (Wildman–Crippen MR) is 56.9 cm³/mol. The van der Waals surface area contributed by atoms with Gasteiger partial charge in [0.2, 0.25) is 5.91 Å². The van der Waals surface area contributed by atoms with Crippen LogP contribution in [-0.4, -0.2) is 17.3 Å². The molecule has 0 aromatic heterocycles. The molecule has 3 heteroatoms. The minimum absolute atomic E-state index is 0.0247. The van der Waals surface area contributed by atoms with Crippen molar-refractivity contribution in [1.29, 1.82) is 0 Å². The zero-order valence-corrected chi connectivity index (χ0v) is 9.85. The zero-order valence-electron chi connectivity index (χ0n) is 9.10. The van der Waals surface area contributed by atoms with Crippen LogP contribution >= 0.6 is 11.6 Å². The highest BCUT2D eigenvalue weighted by Gasteiger charge is 2.21. The van der Waals surface area contributed by atoms with Crippen LogP contribution in [-0.2, 0) is 4.79 Å². The van der Waals surface area contributed by atoms with Gasteiger partial charge in [-0.2, -0.15) is 0 Å². The lowest BCUT2D eigenvalue weighted by Gasteiger charge is -2.25. The van der Waals surface area contributed by atoms with E-state index < -0.39 is 0 Å². The predicted octanol–water partition coefficient (Wildman–Crippen LogP) is 2.41. The van der Waals surface area contributed by atoms with E-state index in [1.807, 2.05) is 20.8 Å². The number of halogens is 1. The Hall–Kier alpha value is -0.240. The standard InChI is InChI=1S/C10H20ClNO/c1-6(2)9(8(5)11)12-10(13)7(3)4/h6-9H,1-5H3,(H,12,13)/t8-,9-/m0/s1. The monoisotopic (exact) mass is 205 g/mol. The van der Waals surface area contributed by atoms with Gasteiger partial charge in [0.15, 0.2) is 0 Å². The molecule has 0 saturated carbocycles. The maximum Gasteiger partial charge on any atom is 0.222 e. The molecule has 1 N–H and O–H groups in total. The molecule has 13 heavy (non-hydrogen) atoms. The second-order valence-corrected chi connectivity index (χ2v) is 4.80. The molecule has 0 aliphatic heterocycles. The van der Waals surface area contributed by atoms with E-state index in [1.54, 1.807) is 0 Å². The topological polar surface area (TPSA) is 29.1 Å². The van der Waals surface area contributed by atoms with Crippen LogP contribution in [0.3, 0.4) is 0 Å². The summed E-state index contributed by atoms with van der Waals surface area (Å²) in [5.41, 5.74) is 0. The molecule has 0 aromatic rings. The summed E-state index contributed by atoms with van der Waals surface area (Å²) in [6.07, 6.45) is 0. The third kappa shape index (κ3) is 4.51. The first-order valence-corrected chi connectivity index (χ1v) is 5.24. The van der Waals surface area contributed by atoms with E-state index in [0.717, 1.165) is 0 Å². The minimum Gasteiger partial charge on any atom is -0.351 e. The quantitative estimate of drug-likeness (QED) is 0.702. The van der Waals surface area contributed by atoms with Crippen LogP contribution < -0.4 is 5.32 Å². The molecule has 0 saturated heterocycles. The van der Waals surface area contributed by atoms with Crippen molar-refractivity contribution in [2.75, 3.05) is 0 Å². The van der Waals surface area contributed by atoms with Gasteiger partial charge in [-0.15, -0.1) is 11.6 Å². The van der Waals surface area contributed by atoms with Crippen molar-refractivity contribution in [2.45, 2.75) is 46.0 Å². The second-order valence-electron chi connectivity index (χ2n) is 4.11. The van der Waals surface area contributed by atoms with Crippen molar-refractivity contribution in [1.82, 2.24) is 5.32 Å². The summed E-state index contributed by atoms with van der Waals surface area (Å²) in [6, 6.07) is 0.0663. The van der Waals surface area contributed by atoms with Crippen molar-refractivity contribution in [3.63, 3.8) is 0 Å². The van der Waals surface area contributed by atoms with E-state index >= 15 is 0 Å². The lowest BCUT2D eigenvalue weighted by molar-refractivity contribution is -0.125. The number of carbonyl (C=O) groups is 1. The second kappa shape index (κ2) is 5.48. The van der Waals surface area contributed by atoms with Crippen molar-refractivity contribution in [3.8, 4) is 0 Å². The summed E-state index contributed by atoms with van der Waals surface area (Å²) in [4.78, 5) is 11.4. The lowest BCUT2D eigenvalue weighted by Crippen LogP contribution is -2.45. The van der Waals surface area contributed by atoms with Crippen LogP contribution in [0.15, 0.2) is 0 Å². The van der Waals surface area contributed by atoms with Crippen molar-refractivity contribution in [3.05, 3.63) is 0 Å². The Morgan fingerprint density at radius 1 is 1.15 bits per heavy atom.